The molecule has 0 saturated heterocycles. The van der Waals surface area contributed by atoms with E-state index in [0.717, 1.165) is 30.7 Å². The van der Waals surface area contributed by atoms with E-state index in [9.17, 15) is 0 Å². The molecular weight excluding hydrogens is 182 g/mol. The van der Waals surface area contributed by atoms with Gasteiger partial charge in [-0.15, -0.1) is 19.7 Å². The maximum Gasteiger partial charge on any atom is 0.0447 e. The highest BCUT2D eigenvalue weighted by Crippen LogP contribution is 2.09. The summed E-state index contributed by atoms with van der Waals surface area (Å²) in [5.74, 6) is 0. The van der Waals surface area contributed by atoms with Crippen molar-refractivity contribution >= 4 is 0 Å². The van der Waals surface area contributed by atoms with E-state index in [0.29, 0.717) is 0 Å². The van der Waals surface area contributed by atoms with Crippen LogP contribution in [-0.4, -0.2) is 4.98 Å². The second kappa shape index (κ2) is 5.97. The lowest BCUT2D eigenvalue weighted by atomic mass is 10.1. The van der Waals surface area contributed by atoms with Gasteiger partial charge in [0.15, 0.2) is 0 Å². The first-order valence-corrected chi connectivity index (χ1v) is 5.11. The second-order valence-electron chi connectivity index (χ2n) is 3.44. The molecule has 78 valence electrons. The van der Waals surface area contributed by atoms with E-state index in [2.05, 4.69) is 36.9 Å². The highest BCUT2D eigenvalue weighted by molar-refractivity contribution is 5.25. The van der Waals surface area contributed by atoms with Crippen LogP contribution in [0.15, 0.2) is 50.1 Å². The van der Waals surface area contributed by atoms with Gasteiger partial charge in [0.25, 0.3) is 0 Å². The van der Waals surface area contributed by atoms with E-state index in [1.807, 2.05) is 18.2 Å². The van der Waals surface area contributed by atoms with Gasteiger partial charge in [-0.05, 0) is 24.1 Å². The van der Waals surface area contributed by atoms with Crippen LogP contribution >= 0.6 is 0 Å². The first-order chi connectivity index (χ1) is 7.30. The fourth-order valence-corrected chi connectivity index (χ4v) is 1.51. The lowest BCUT2D eigenvalue weighted by Crippen LogP contribution is -1.97. The Morgan fingerprint density at radius 3 is 1.73 bits per heavy atom. The molecule has 1 nitrogen and oxygen atoms in total. The van der Waals surface area contributed by atoms with Crippen LogP contribution in [0.25, 0.3) is 0 Å². The summed E-state index contributed by atoms with van der Waals surface area (Å²) in [5.41, 5.74) is 3.40. The predicted molar refractivity (Wildman–Crippen MR) is 65.9 cm³/mol. The molecule has 0 radical (unpaired) electrons. The van der Waals surface area contributed by atoms with Crippen LogP contribution in [-0.2, 0) is 19.3 Å². The topological polar surface area (TPSA) is 12.9 Å². The van der Waals surface area contributed by atoms with Gasteiger partial charge in [0, 0.05) is 24.2 Å². The molecule has 0 aromatic carbocycles. The van der Waals surface area contributed by atoms with E-state index in [1.54, 1.807) is 0 Å². The van der Waals surface area contributed by atoms with Crippen molar-refractivity contribution in [2.75, 3.05) is 0 Å². The minimum atomic E-state index is 0.815. The molecule has 0 amide bonds. The Balaban J connectivity index is 3.00. The molecule has 1 aromatic heterocycles. The summed E-state index contributed by atoms with van der Waals surface area (Å²) in [6, 6.07) is 4.21. The minimum Gasteiger partial charge on any atom is -0.257 e. The van der Waals surface area contributed by atoms with Crippen molar-refractivity contribution in [2.24, 2.45) is 0 Å². The van der Waals surface area contributed by atoms with E-state index in [4.69, 9.17) is 0 Å². The molecule has 0 fully saturated rings. The maximum atomic E-state index is 4.52. The zero-order valence-electron chi connectivity index (χ0n) is 9.08. The van der Waals surface area contributed by atoms with Crippen LogP contribution in [0.5, 0.6) is 0 Å². The smallest absolute Gasteiger partial charge is 0.0447 e. The van der Waals surface area contributed by atoms with Crippen molar-refractivity contribution in [1.29, 1.82) is 0 Å². The lowest BCUT2D eigenvalue weighted by Gasteiger charge is -2.05. The van der Waals surface area contributed by atoms with Crippen molar-refractivity contribution in [3.05, 3.63) is 67.0 Å². The number of hydrogen-bond donors (Lipinski definition) is 0. The second-order valence-corrected chi connectivity index (χ2v) is 3.44. The fraction of sp³-hybridized carbons (Fsp3) is 0.214. The minimum absolute atomic E-state index is 0.815. The van der Waals surface area contributed by atoms with Crippen LogP contribution in [0.1, 0.15) is 17.0 Å². The largest absolute Gasteiger partial charge is 0.257 e. The molecular formula is C14H17N. The SMILES string of the molecule is C=CCc1cc(CC=C)nc(CC=C)c1. The molecule has 1 rings (SSSR count). The monoisotopic (exact) mass is 199 g/mol. The summed E-state index contributed by atoms with van der Waals surface area (Å²) in [6.07, 6.45) is 8.17. The number of rotatable bonds is 6. The molecule has 1 heteroatoms. The quantitative estimate of drug-likeness (QED) is 0.641. The van der Waals surface area contributed by atoms with Crippen LogP contribution in [0.2, 0.25) is 0 Å². The van der Waals surface area contributed by atoms with Crippen molar-refractivity contribution in [2.45, 2.75) is 19.3 Å². The summed E-state index contributed by atoms with van der Waals surface area (Å²) in [5, 5.41) is 0. The number of allylic oxidation sites excluding steroid dienone is 3. The van der Waals surface area contributed by atoms with Crippen LogP contribution in [0, 0.1) is 0 Å². The van der Waals surface area contributed by atoms with Crippen molar-refractivity contribution in [1.82, 2.24) is 4.98 Å². The molecule has 0 spiro atoms. The number of nitrogens with zero attached hydrogens (tertiary/aromatic N) is 1. The molecule has 0 bridgehead atoms. The van der Waals surface area contributed by atoms with E-state index >= 15 is 0 Å². The Morgan fingerprint density at radius 1 is 0.867 bits per heavy atom. The van der Waals surface area contributed by atoms with Crippen molar-refractivity contribution < 1.29 is 0 Å². The molecule has 0 aliphatic rings. The first kappa shape index (κ1) is 11.4. The molecule has 0 atom stereocenters. The summed E-state index contributed by atoms with van der Waals surface area (Å²) in [7, 11) is 0. The zero-order valence-corrected chi connectivity index (χ0v) is 9.08. The van der Waals surface area contributed by atoms with Crippen LogP contribution in [0.3, 0.4) is 0 Å². The van der Waals surface area contributed by atoms with Gasteiger partial charge in [-0.2, -0.15) is 0 Å². The molecule has 0 unspecified atom stereocenters. The van der Waals surface area contributed by atoms with E-state index in [1.165, 1.54) is 5.56 Å². The number of pyridine rings is 1. The first-order valence-electron chi connectivity index (χ1n) is 5.11. The van der Waals surface area contributed by atoms with Crippen LogP contribution < -0.4 is 0 Å². The summed E-state index contributed by atoms with van der Waals surface area (Å²) in [4.78, 5) is 4.52. The molecule has 0 aliphatic heterocycles. The van der Waals surface area contributed by atoms with Gasteiger partial charge in [0.1, 0.15) is 0 Å². The van der Waals surface area contributed by atoms with Gasteiger partial charge in [-0.1, -0.05) is 18.2 Å². The van der Waals surface area contributed by atoms with Gasteiger partial charge < -0.3 is 0 Å². The van der Waals surface area contributed by atoms with Gasteiger partial charge >= 0.3 is 0 Å². The molecule has 15 heavy (non-hydrogen) atoms. The average molecular weight is 199 g/mol. The Bertz CT molecular complexity index is 294. The van der Waals surface area contributed by atoms with Gasteiger partial charge in [0.05, 0.1) is 0 Å². The third kappa shape index (κ3) is 3.55. The summed E-state index contributed by atoms with van der Waals surface area (Å²) < 4.78 is 0. The molecule has 0 aliphatic carbocycles. The lowest BCUT2D eigenvalue weighted by molar-refractivity contribution is 1.00. The van der Waals surface area contributed by atoms with Crippen LogP contribution in [0.4, 0.5) is 0 Å². The third-order valence-electron chi connectivity index (χ3n) is 2.08. The van der Waals surface area contributed by atoms with E-state index in [-0.39, 0.29) is 0 Å². The Hall–Kier alpha value is -1.63. The zero-order chi connectivity index (χ0) is 11.1. The summed E-state index contributed by atoms with van der Waals surface area (Å²) >= 11 is 0. The van der Waals surface area contributed by atoms with Gasteiger partial charge in [-0.25, -0.2) is 0 Å². The van der Waals surface area contributed by atoms with Crippen molar-refractivity contribution in [3.63, 3.8) is 0 Å². The maximum absolute atomic E-state index is 4.52. The number of aromatic nitrogens is 1. The molecule has 0 N–H and O–H groups in total. The highest BCUT2D eigenvalue weighted by Gasteiger charge is 1.99. The average Bonchev–Trinajstić information content (AvgIpc) is 2.19. The Labute approximate surface area is 91.9 Å². The molecule has 0 saturated carbocycles. The fourth-order valence-electron chi connectivity index (χ4n) is 1.51. The normalized spacial score (nSPS) is 9.60. The number of hydrogen-bond acceptors (Lipinski definition) is 1. The third-order valence-corrected chi connectivity index (χ3v) is 2.08. The Kier molecular flexibility index (Phi) is 4.55. The highest BCUT2D eigenvalue weighted by atomic mass is 14.7. The van der Waals surface area contributed by atoms with Gasteiger partial charge in [0.2, 0.25) is 0 Å². The Morgan fingerprint density at radius 2 is 1.33 bits per heavy atom. The van der Waals surface area contributed by atoms with Crippen molar-refractivity contribution in [3.8, 4) is 0 Å². The standard InChI is InChI=1S/C14H17N/c1-4-7-12-10-13(8-5-2)15-14(11-12)9-6-3/h4-6,10-11H,1-3,7-9H2. The van der Waals surface area contributed by atoms with E-state index < -0.39 is 0 Å². The molecule has 1 heterocycles. The molecule has 1 aromatic rings. The summed E-state index contributed by atoms with van der Waals surface area (Å²) in [6.45, 7) is 11.2. The predicted octanol–water partition coefficient (Wildman–Crippen LogP) is 3.27. The van der Waals surface area contributed by atoms with Gasteiger partial charge in [-0.3, -0.25) is 4.98 Å².